The molecular formula is C21H26N6S. The summed E-state index contributed by atoms with van der Waals surface area (Å²) in [6.07, 6.45) is 4.04. The zero-order chi connectivity index (χ0) is 19.2. The first-order chi connectivity index (χ1) is 13.8. The summed E-state index contributed by atoms with van der Waals surface area (Å²) in [6, 6.07) is 16.6. The van der Waals surface area contributed by atoms with Crippen LogP contribution in [-0.4, -0.2) is 57.9 Å². The van der Waals surface area contributed by atoms with Crippen LogP contribution in [0.1, 0.15) is 12.2 Å². The van der Waals surface area contributed by atoms with Crippen molar-refractivity contribution in [3.05, 3.63) is 60.6 Å². The summed E-state index contributed by atoms with van der Waals surface area (Å²) in [5.41, 5.74) is 0.889. The molecule has 1 unspecified atom stereocenters. The van der Waals surface area contributed by atoms with Crippen LogP contribution in [0.25, 0.3) is 5.65 Å². The van der Waals surface area contributed by atoms with Crippen molar-refractivity contribution in [3.8, 4) is 0 Å². The Balaban J connectivity index is 1.25. The van der Waals surface area contributed by atoms with Gasteiger partial charge in [-0.1, -0.05) is 24.3 Å². The number of hydrogen-bond donors (Lipinski definition) is 1. The lowest BCUT2D eigenvalue weighted by atomic mass is 10.2. The van der Waals surface area contributed by atoms with Gasteiger partial charge in [0.05, 0.1) is 0 Å². The highest BCUT2D eigenvalue weighted by molar-refractivity contribution is 7.99. The molecule has 1 aliphatic heterocycles. The average Bonchev–Trinajstić information content (AvgIpc) is 3.38. The molecule has 0 radical (unpaired) electrons. The average molecular weight is 395 g/mol. The van der Waals surface area contributed by atoms with Gasteiger partial charge in [-0.25, -0.2) is 0 Å². The van der Waals surface area contributed by atoms with Gasteiger partial charge in [-0.15, -0.1) is 22.0 Å². The van der Waals surface area contributed by atoms with E-state index in [0.717, 1.165) is 49.2 Å². The van der Waals surface area contributed by atoms with E-state index in [2.05, 4.69) is 55.7 Å². The topological polar surface area (TPSA) is 57.8 Å². The van der Waals surface area contributed by atoms with Crippen LogP contribution in [-0.2, 0) is 6.42 Å². The number of fused-ring (bicyclic) bond motifs is 1. The molecule has 0 aliphatic carbocycles. The van der Waals surface area contributed by atoms with Gasteiger partial charge in [-0.05, 0) is 36.6 Å². The van der Waals surface area contributed by atoms with Crippen LogP contribution in [0.4, 0.5) is 0 Å². The number of guanidine groups is 1. The molecule has 0 bridgehead atoms. The summed E-state index contributed by atoms with van der Waals surface area (Å²) in [5.74, 6) is 3.81. The summed E-state index contributed by atoms with van der Waals surface area (Å²) < 4.78 is 2.04. The summed E-state index contributed by atoms with van der Waals surface area (Å²) in [7, 11) is 1.86. The van der Waals surface area contributed by atoms with Crippen LogP contribution >= 0.6 is 11.8 Å². The number of likely N-dealkylation sites (tertiary alicyclic amines) is 1. The minimum absolute atomic E-state index is 0.698. The normalized spacial score (nSPS) is 17.4. The molecule has 0 spiro atoms. The third-order valence-corrected chi connectivity index (χ3v) is 6.29. The van der Waals surface area contributed by atoms with Gasteiger partial charge in [0.1, 0.15) is 5.82 Å². The monoisotopic (exact) mass is 394 g/mol. The van der Waals surface area contributed by atoms with Gasteiger partial charge >= 0.3 is 0 Å². The van der Waals surface area contributed by atoms with Gasteiger partial charge < -0.3 is 10.2 Å². The molecule has 7 heteroatoms. The van der Waals surface area contributed by atoms with Crippen LogP contribution in [0.5, 0.6) is 0 Å². The number of hydrogen-bond acceptors (Lipinski definition) is 4. The summed E-state index contributed by atoms with van der Waals surface area (Å²) >= 11 is 1.95. The molecule has 2 aromatic heterocycles. The van der Waals surface area contributed by atoms with E-state index in [9.17, 15) is 0 Å². The van der Waals surface area contributed by atoms with Crippen LogP contribution < -0.4 is 5.32 Å². The van der Waals surface area contributed by atoms with Gasteiger partial charge in [0.2, 0.25) is 0 Å². The Morgan fingerprint density at radius 2 is 2.04 bits per heavy atom. The van der Waals surface area contributed by atoms with E-state index < -0.39 is 0 Å². The predicted molar refractivity (Wildman–Crippen MR) is 115 cm³/mol. The zero-order valence-electron chi connectivity index (χ0n) is 16.2. The molecule has 3 aromatic rings. The lowest BCUT2D eigenvalue weighted by molar-refractivity contribution is 0.474. The maximum atomic E-state index is 4.49. The molecule has 4 rings (SSSR count). The highest BCUT2D eigenvalue weighted by Crippen LogP contribution is 2.25. The summed E-state index contributed by atoms with van der Waals surface area (Å²) in [4.78, 5) is 8.21. The SMILES string of the molecule is CN=C(NCCc1nnc2ccccn12)N1CCC(CSc2ccccc2)C1. The molecule has 1 atom stereocenters. The Labute approximate surface area is 170 Å². The van der Waals surface area contributed by atoms with E-state index >= 15 is 0 Å². The molecule has 1 saturated heterocycles. The van der Waals surface area contributed by atoms with Crippen molar-refractivity contribution in [1.82, 2.24) is 24.8 Å². The first-order valence-corrected chi connectivity index (χ1v) is 10.7. The van der Waals surface area contributed by atoms with Crippen molar-refractivity contribution in [2.45, 2.75) is 17.7 Å². The highest BCUT2D eigenvalue weighted by Gasteiger charge is 2.24. The fourth-order valence-corrected chi connectivity index (χ4v) is 4.62. The van der Waals surface area contributed by atoms with E-state index in [0.29, 0.717) is 5.92 Å². The molecule has 1 fully saturated rings. The number of nitrogens with zero attached hydrogens (tertiary/aromatic N) is 5. The third-order valence-electron chi connectivity index (χ3n) is 5.04. The van der Waals surface area contributed by atoms with Crippen LogP contribution in [0.3, 0.4) is 0 Å². The predicted octanol–water partition coefficient (Wildman–Crippen LogP) is 2.96. The molecule has 146 valence electrons. The van der Waals surface area contributed by atoms with Crippen molar-refractivity contribution < 1.29 is 0 Å². The van der Waals surface area contributed by atoms with E-state index in [1.165, 1.54) is 11.3 Å². The number of nitrogens with one attached hydrogen (secondary N) is 1. The molecule has 28 heavy (non-hydrogen) atoms. The maximum Gasteiger partial charge on any atom is 0.193 e. The van der Waals surface area contributed by atoms with Crippen molar-refractivity contribution in [1.29, 1.82) is 0 Å². The van der Waals surface area contributed by atoms with Gasteiger partial charge in [0.25, 0.3) is 0 Å². The summed E-state index contributed by atoms with van der Waals surface area (Å²) in [6.45, 7) is 2.92. The standard InChI is InChI=1S/C21H26N6S/c1-22-21(23-12-10-20-25-24-19-9-5-6-13-27(19)20)26-14-11-17(15-26)16-28-18-7-3-2-4-8-18/h2-9,13,17H,10-12,14-16H2,1H3,(H,22,23). The molecular weight excluding hydrogens is 368 g/mol. The second-order valence-electron chi connectivity index (χ2n) is 6.99. The number of aliphatic imine (C=N–C) groups is 1. The van der Waals surface area contributed by atoms with Gasteiger partial charge in [-0.2, -0.15) is 0 Å². The molecule has 6 nitrogen and oxygen atoms in total. The number of thioether (sulfide) groups is 1. The molecule has 1 aromatic carbocycles. The van der Waals surface area contributed by atoms with Gasteiger partial charge in [0, 0.05) is 49.9 Å². The van der Waals surface area contributed by atoms with Crippen LogP contribution in [0.15, 0.2) is 64.6 Å². The Morgan fingerprint density at radius 1 is 1.18 bits per heavy atom. The fourth-order valence-electron chi connectivity index (χ4n) is 3.57. The molecule has 1 N–H and O–H groups in total. The van der Waals surface area contributed by atoms with Crippen molar-refractivity contribution in [2.75, 3.05) is 32.4 Å². The Kier molecular flexibility index (Phi) is 6.11. The number of pyridine rings is 1. The van der Waals surface area contributed by atoms with Crippen molar-refractivity contribution in [3.63, 3.8) is 0 Å². The summed E-state index contributed by atoms with van der Waals surface area (Å²) in [5, 5.41) is 12.0. The van der Waals surface area contributed by atoms with Crippen LogP contribution in [0.2, 0.25) is 0 Å². The first-order valence-electron chi connectivity index (χ1n) is 9.75. The first kappa shape index (κ1) is 18.8. The van der Waals surface area contributed by atoms with Gasteiger partial charge in [0.15, 0.2) is 11.6 Å². The molecule has 0 saturated carbocycles. The second kappa shape index (κ2) is 9.10. The Bertz CT molecular complexity index is 923. The number of benzene rings is 1. The molecule has 0 amide bonds. The van der Waals surface area contributed by atoms with E-state index in [-0.39, 0.29) is 0 Å². The third kappa shape index (κ3) is 4.47. The molecule has 3 heterocycles. The van der Waals surface area contributed by atoms with Crippen molar-refractivity contribution >= 4 is 23.4 Å². The molecule has 1 aliphatic rings. The van der Waals surface area contributed by atoms with Crippen LogP contribution in [0, 0.1) is 5.92 Å². The van der Waals surface area contributed by atoms with E-state index in [1.807, 2.05) is 47.6 Å². The lowest BCUT2D eigenvalue weighted by Gasteiger charge is -2.21. The van der Waals surface area contributed by atoms with Gasteiger partial charge in [-0.3, -0.25) is 9.39 Å². The number of rotatable bonds is 6. The second-order valence-corrected chi connectivity index (χ2v) is 8.09. The van der Waals surface area contributed by atoms with E-state index in [1.54, 1.807) is 0 Å². The lowest BCUT2D eigenvalue weighted by Crippen LogP contribution is -2.41. The quantitative estimate of drug-likeness (QED) is 0.396. The number of aromatic nitrogens is 3. The maximum absolute atomic E-state index is 4.49. The van der Waals surface area contributed by atoms with Crippen molar-refractivity contribution in [2.24, 2.45) is 10.9 Å². The largest absolute Gasteiger partial charge is 0.356 e. The van der Waals surface area contributed by atoms with E-state index in [4.69, 9.17) is 0 Å². The Hall–Kier alpha value is -2.54. The Morgan fingerprint density at radius 3 is 2.89 bits per heavy atom. The minimum atomic E-state index is 0.698. The fraction of sp³-hybridized carbons (Fsp3) is 0.381. The highest BCUT2D eigenvalue weighted by atomic mass is 32.2. The smallest absolute Gasteiger partial charge is 0.193 e. The minimum Gasteiger partial charge on any atom is -0.356 e. The zero-order valence-corrected chi connectivity index (χ0v) is 17.0.